The van der Waals surface area contributed by atoms with E-state index in [0.29, 0.717) is 15.8 Å². The predicted molar refractivity (Wildman–Crippen MR) is 76.4 cm³/mol. The molecule has 0 saturated carbocycles. The van der Waals surface area contributed by atoms with E-state index in [2.05, 4.69) is 15.9 Å². The van der Waals surface area contributed by atoms with Gasteiger partial charge in [-0.3, -0.25) is 5.41 Å². The van der Waals surface area contributed by atoms with Crippen molar-refractivity contribution in [3.63, 3.8) is 0 Å². The van der Waals surface area contributed by atoms with Crippen LogP contribution in [0.3, 0.4) is 0 Å². The Morgan fingerprint density at radius 2 is 1.95 bits per heavy atom. The molecule has 0 saturated heterocycles. The highest BCUT2D eigenvalue weighted by Gasteiger charge is 2.11. The van der Waals surface area contributed by atoms with Crippen molar-refractivity contribution in [2.45, 2.75) is 6.92 Å². The summed E-state index contributed by atoms with van der Waals surface area (Å²) in [7, 11) is 0. The third-order valence-electron chi connectivity index (χ3n) is 2.54. The van der Waals surface area contributed by atoms with E-state index in [9.17, 15) is 4.39 Å². The largest absolute Gasteiger partial charge is 0.454 e. The Kier molecular flexibility index (Phi) is 3.85. The first-order chi connectivity index (χ1) is 8.97. The summed E-state index contributed by atoms with van der Waals surface area (Å²) >= 11 is 3.18. The monoisotopic (exact) mass is 322 g/mol. The first-order valence-electron chi connectivity index (χ1n) is 5.55. The molecule has 0 unspecified atom stereocenters. The van der Waals surface area contributed by atoms with Gasteiger partial charge in [-0.25, -0.2) is 4.39 Å². The van der Waals surface area contributed by atoms with Crippen molar-refractivity contribution in [1.82, 2.24) is 0 Å². The fraction of sp³-hybridized carbons (Fsp3) is 0.0714. The van der Waals surface area contributed by atoms with Crippen molar-refractivity contribution in [2.24, 2.45) is 5.73 Å². The van der Waals surface area contributed by atoms with Crippen molar-refractivity contribution < 1.29 is 9.13 Å². The highest BCUT2D eigenvalue weighted by atomic mass is 79.9. The van der Waals surface area contributed by atoms with Crippen LogP contribution in [-0.4, -0.2) is 5.84 Å². The van der Waals surface area contributed by atoms with Crippen LogP contribution in [0.25, 0.3) is 0 Å². The first kappa shape index (κ1) is 13.5. The molecule has 0 aliphatic carbocycles. The maximum Gasteiger partial charge on any atom is 0.166 e. The normalized spacial score (nSPS) is 10.3. The van der Waals surface area contributed by atoms with Gasteiger partial charge in [0, 0.05) is 4.47 Å². The number of hydrogen-bond donors (Lipinski definition) is 2. The Balaban J connectivity index is 2.42. The molecule has 0 fully saturated rings. The number of aryl methyl sites for hydroxylation is 1. The summed E-state index contributed by atoms with van der Waals surface area (Å²) in [5, 5.41) is 7.50. The number of amidine groups is 1. The van der Waals surface area contributed by atoms with Crippen LogP contribution in [0.5, 0.6) is 11.5 Å². The number of rotatable bonds is 3. The zero-order valence-electron chi connectivity index (χ0n) is 10.2. The van der Waals surface area contributed by atoms with E-state index in [1.165, 1.54) is 12.1 Å². The van der Waals surface area contributed by atoms with Crippen LogP contribution in [0.1, 0.15) is 11.1 Å². The summed E-state index contributed by atoms with van der Waals surface area (Å²) in [6.45, 7) is 1.88. The standard InChI is InChI=1S/C14H12BrFN2O/c1-8-2-4-10(14(17)18)13(6-8)19-12-5-3-9(15)7-11(12)16/h2-7H,1H3,(H3,17,18). The molecular weight excluding hydrogens is 311 g/mol. The molecule has 5 heteroatoms. The summed E-state index contributed by atoms with van der Waals surface area (Å²) in [6.07, 6.45) is 0. The van der Waals surface area contributed by atoms with E-state index >= 15 is 0 Å². The van der Waals surface area contributed by atoms with Crippen molar-refractivity contribution in [1.29, 1.82) is 5.41 Å². The Morgan fingerprint density at radius 3 is 2.58 bits per heavy atom. The summed E-state index contributed by atoms with van der Waals surface area (Å²) < 4.78 is 19.9. The van der Waals surface area contributed by atoms with Crippen LogP contribution in [0.2, 0.25) is 0 Å². The Labute approximate surface area is 118 Å². The first-order valence-corrected chi connectivity index (χ1v) is 6.34. The molecule has 19 heavy (non-hydrogen) atoms. The van der Waals surface area contributed by atoms with Gasteiger partial charge < -0.3 is 10.5 Å². The smallest absolute Gasteiger partial charge is 0.166 e. The zero-order chi connectivity index (χ0) is 14.0. The Hall–Kier alpha value is -1.88. The second kappa shape index (κ2) is 5.40. The molecule has 0 aliphatic heterocycles. The average Bonchev–Trinajstić information content (AvgIpc) is 2.32. The molecule has 2 aromatic rings. The highest BCUT2D eigenvalue weighted by molar-refractivity contribution is 9.10. The fourth-order valence-corrected chi connectivity index (χ4v) is 1.95. The van der Waals surface area contributed by atoms with Crippen molar-refractivity contribution in [3.05, 3.63) is 57.8 Å². The van der Waals surface area contributed by atoms with E-state index < -0.39 is 5.82 Å². The lowest BCUT2D eigenvalue weighted by Crippen LogP contribution is -2.12. The van der Waals surface area contributed by atoms with E-state index in [-0.39, 0.29) is 11.6 Å². The molecule has 0 amide bonds. The van der Waals surface area contributed by atoms with Gasteiger partial charge >= 0.3 is 0 Å². The van der Waals surface area contributed by atoms with Gasteiger partial charge in [0.25, 0.3) is 0 Å². The molecule has 3 nitrogen and oxygen atoms in total. The molecule has 0 bridgehead atoms. The molecule has 0 spiro atoms. The molecule has 98 valence electrons. The van der Waals surface area contributed by atoms with Crippen LogP contribution < -0.4 is 10.5 Å². The summed E-state index contributed by atoms with van der Waals surface area (Å²) in [5.41, 5.74) is 6.86. The topological polar surface area (TPSA) is 59.1 Å². The van der Waals surface area contributed by atoms with Crippen molar-refractivity contribution >= 4 is 21.8 Å². The molecule has 0 aliphatic rings. The lowest BCUT2D eigenvalue weighted by molar-refractivity contribution is 0.441. The van der Waals surface area contributed by atoms with Gasteiger partial charge in [-0.15, -0.1) is 0 Å². The molecule has 0 heterocycles. The minimum atomic E-state index is -0.481. The molecule has 3 N–H and O–H groups in total. The number of nitrogens with two attached hydrogens (primary N) is 1. The van der Waals surface area contributed by atoms with Gasteiger partial charge in [0.15, 0.2) is 11.6 Å². The third-order valence-corrected chi connectivity index (χ3v) is 3.03. The lowest BCUT2D eigenvalue weighted by Gasteiger charge is -2.12. The summed E-state index contributed by atoms with van der Waals surface area (Å²) in [5.74, 6) is -0.136. The minimum absolute atomic E-state index is 0.0938. The Bertz CT molecular complexity index is 643. The number of ether oxygens (including phenoxy) is 1. The number of hydrogen-bond acceptors (Lipinski definition) is 2. The van der Waals surface area contributed by atoms with Gasteiger partial charge in [-0.1, -0.05) is 22.0 Å². The second-order valence-corrected chi connectivity index (χ2v) is 5.01. The number of nitrogen functional groups attached to an aromatic ring is 1. The molecule has 2 rings (SSSR count). The number of halogens is 2. The molecule has 0 radical (unpaired) electrons. The van der Waals surface area contributed by atoms with Gasteiger partial charge in [0.1, 0.15) is 11.6 Å². The van der Waals surface area contributed by atoms with Crippen molar-refractivity contribution in [3.8, 4) is 11.5 Å². The van der Waals surface area contributed by atoms with E-state index in [4.69, 9.17) is 15.9 Å². The summed E-state index contributed by atoms with van der Waals surface area (Å²) in [4.78, 5) is 0. The maximum atomic E-state index is 13.7. The molecular formula is C14H12BrFN2O. The molecule has 0 atom stereocenters. The SMILES string of the molecule is Cc1ccc(C(=N)N)c(Oc2ccc(Br)cc2F)c1. The van der Waals surface area contributed by atoms with E-state index in [1.807, 2.05) is 13.0 Å². The van der Waals surface area contributed by atoms with Gasteiger partial charge in [0.05, 0.1) is 5.56 Å². The number of benzene rings is 2. The summed E-state index contributed by atoms with van der Waals surface area (Å²) in [6, 6.07) is 9.75. The number of nitrogens with one attached hydrogen (secondary N) is 1. The quantitative estimate of drug-likeness (QED) is 0.663. The van der Waals surface area contributed by atoms with Crippen LogP contribution in [0.15, 0.2) is 40.9 Å². The lowest BCUT2D eigenvalue weighted by atomic mass is 10.1. The molecule has 0 aromatic heterocycles. The minimum Gasteiger partial charge on any atom is -0.454 e. The fourth-order valence-electron chi connectivity index (χ4n) is 1.61. The second-order valence-electron chi connectivity index (χ2n) is 4.09. The predicted octanol–water partition coefficient (Wildman–Crippen LogP) is 3.97. The van der Waals surface area contributed by atoms with E-state index in [1.54, 1.807) is 18.2 Å². The molecule has 2 aromatic carbocycles. The van der Waals surface area contributed by atoms with Gasteiger partial charge in [-0.2, -0.15) is 0 Å². The average molecular weight is 323 g/mol. The van der Waals surface area contributed by atoms with Gasteiger partial charge in [0.2, 0.25) is 0 Å². The van der Waals surface area contributed by atoms with Crippen LogP contribution >= 0.6 is 15.9 Å². The van der Waals surface area contributed by atoms with Crippen molar-refractivity contribution in [2.75, 3.05) is 0 Å². The van der Waals surface area contributed by atoms with E-state index in [0.717, 1.165) is 5.56 Å². The van der Waals surface area contributed by atoms with Gasteiger partial charge in [-0.05, 0) is 42.8 Å². The third kappa shape index (κ3) is 3.12. The Morgan fingerprint density at radius 1 is 1.21 bits per heavy atom. The van der Waals surface area contributed by atoms with Crippen LogP contribution in [0.4, 0.5) is 4.39 Å². The van der Waals surface area contributed by atoms with Crippen LogP contribution in [0, 0.1) is 18.2 Å². The zero-order valence-corrected chi connectivity index (χ0v) is 11.8. The maximum absolute atomic E-state index is 13.7. The van der Waals surface area contributed by atoms with Crippen LogP contribution in [-0.2, 0) is 0 Å². The highest BCUT2D eigenvalue weighted by Crippen LogP contribution is 2.29.